The number of aromatic nitrogens is 2. The van der Waals surface area contributed by atoms with Gasteiger partial charge in [0.15, 0.2) is 5.69 Å². The van der Waals surface area contributed by atoms with E-state index in [0.717, 1.165) is 19.3 Å². The van der Waals surface area contributed by atoms with Crippen LogP contribution in [0.2, 0.25) is 0 Å². The molecule has 1 saturated carbocycles. The Labute approximate surface area is 112 Å². The predicted molar refractivity (Wildman–Crippen MR) is 61.3 cm³/mol. The van der Waals surface area contributed by atoms with Crippen molar-refractivity contribution in [2.75, 3.05) is 0 Å². The number of hydrazine groups is 1. The number of amides is 2. The summed E-state index contributed by atoms with van der Waals surface area (Å²) in [4.78, 5) is 23.1. The van der Waals surface area contributed by atoms with E-state index < -0.39 is 29.2 Å². The lowest BCUT2D eigenvalue weighted by Crippen LogP contribution is -2.46. The summed E-state index contributed by atoms with van der Waals surface area (Å²) in [6.45, 7) is 1.17. The Morgan fingerprint density at radius 3 is 2.45 bits per heavy atom. The van der Waals surface area contributed by atoms with Crippen molar-refractivity contribution in [2.45, 2.75) is 32.4 Å². The zero-order valence-corrected chi connectivity index (χ0v) is 10.6. The number of halogens is 3. The number of hydrogen-bond donors (Lipinski definition) is 3. The largest absolute Gasteiger partial charge is 0.420 e. The fourth-order valence-electron chi connectivity index (χ4n) is 1.89. The Bertz CT molecular complexity index is 534. The first-order valence-corrected chi connectivity index (χ1v) is 6.03. The van der Waals surface area contributed by atoms with Gasteiger partial charge in [0.2, 0.25) is 5.91 Å². The molecule has 1 aromatic heterocycles. The molecule has 1 aliphatic rings. The number of H-pyrrole nitrogens is 1. The lowest BCUT2D eigenvalue weighted by Gasteiger charge is -2.23. The topological polar surface area (TPSA) is 86.9 Å². The van der Waals surface area contributed by atoms with Crippen molar-refractivity contribution < 1.29 is 22.8 Å². The monoisotopic (exact) mass is 290 g/mol. The molecule has 0 unspecified atom stereocenters. The lowest BCUT2D eigenvalue weighted by atomic mass is 9.85. The van der Waals surface area contributed by atoms with Crippen LogP contribution in [0.5, 0.6) is 0 Å². The second-order valence-corrected chi connectivity index (χ2v) is 4.64. The third kappa shape index (κ3) is 2.75. The lowest BCUT2D eigenvalue weighted by molar-refractivity contribution is -0.138. The first-order chi connectivity index (χ1) is 9.30. The Balaban J connectivity index is 2.04. The molecule has 3 N–H and O–H groups in total. The van der Waals surface area contributed by atoms with Gasteiger partial charge in [-0.25, -0.2) is 0 Å². The van der Waals surface area contributed by atoms with Gasteiger partial charge in [0.25, 0.3) is 5.91 Å². The molecule has 0 bridgehead atoms. The van der Waals surface area contributed by atoms with Gasteiger partial charge in [-0.05, 0) is 19.8 Å². The maximum Gasteiger partial charge on any atom is 0.420 e. The van der Waals surface area contributed by atoms with Crippen LogP contribution in [0.3, 0.4) is 0 Å². The van der Waals surface area contributed by atoms with Crippen molar-refractivity contribution in [3.63, 3.8) is 0 Å². The van der Waals surface area contributed by atoms with Crippen LogP contribution in [0, 0.1) is 12.8 Å². The van der Waals surface area contributed by atoms with Gasteiger partial charge >= 0.3 is 6.18 Å². The molecule has 0 aliphatic heterocycles. The van der Waals surface area contributed by atoms with E-state index in [9.17, 15) is 22.8 Å². The van der Waals surface area contributed by atoms with E-state index in [2.05, 4.69) is 15.6 Å². The highest BCUT2D eigenvalue weighted by Crippen LogP contribution is 2.33. The Kier molecular flexibility index (Phi) is 3.69. The molecule has 1 aliphatic carbocycles. The molecule has 20 heavy (non-hydrogen) atoms. The molecule has 0 radical (unpaired) electrons. The molecule has 2 amide bonds. The Morgan fingerprint density at radius 2 is 1.95 bits per heavy atom. The smallest absolute Gasteiger partial charge is 0.281 e. The minimum absolute atomic E-state index is 0.182. The fraction of sp³-hybridized carbons (Fsp3) is 0.545. The summed E-state index contributed by atoms with van der Waals surface area (Å²) in [7, 11) is 0. The number of nitrogens with zero attached hydrogens (tertiary/aromatic N) is 1. The second kappa shape index (κ2) is 5.14. The van der Waals surface area contributed by atoms with Gasteiger partial charge in [-0.3, -0.25) is 25.5 Å². The molecule has 1 heterocycles. The number of nitrogens with one attached hydrogen (secondary N) is 3. The first-order valence-electron chi connectivity index (χ1n) is 6.03. The average Bonchev–Trinajstić information content (AvgIpc) is 2.65. The Hall–Kier alpha value is -2.06. The molecule has 110 valence electrons. The first kappa shape index (κ1) is 14.4. The van der Waals surface area contributed by atoms with Crippen LogP contribution in [0.25, 0.3) is 0 Å². The molecule has 1 fully saturated rings. The third-order valence-corrected chi connectivity index (χ3v) is 3.22. The maximum atomic E-state index is 12.8. The van der Waals surface area contributed by atoms with Crippen molar-refractivity contribution >= 4 is 11.8 Å². The molecular formula is C11H13F3N4O2. The van der Waals surface area contributed by atoms with E-state index in [0.29, 0.717) is 0 Å². The van der Waals surface area contributed by atoms with Gasteiger partial charge in [0, 0.05) is 11.6 Å². The van der Waals surface area contributed by atoms with E-state index in [4.69, 9.17) is 0 Å². The minimum atomic E-state index is -4.69. The number of carbonyl (C=O) groups is 2. The molecule has 0 atom stereocenters. The van der Waals surface area contributed by atoms with Crippen LogP contribution < -0.4 is 10.9 Å². The number of aromatic amines is 1. The van der Waals surface area contributed by atoms with Crippen LogP contribution in [-0.2, 0) is 11.0 Å². The van der Waals surface area contributed by atoms with Crippen molar-refractivity contribution in [3.8, 4) is 0 Å². The van der Waals surface area contributed by atoms with Crippen molar-refractivity contribution in [1.29, 1.82) is 0 Å². The van der Waals surface area contributed by atoms with Gasteiger partial charge in [-0.1, -0.05) is 6.42 Å². The molecule has 0 aromatic carbocycles. The summed E-state index contributed by atoms with van der Waals surface area (Å²) in [5.74, 6) is -1.68. The standard InChI is InChI=1S/C11H13F3N4O2/c1-5-7(11(12,13)14)8(16-15-5)10(20)18-17-9(19)6-3-2-4-6/h6H,2-4H2,1H3,(H,15,16)(H,17,19)(H,18,20). The highest BCUT2D eigenvalue weighted by molar-refractivity contribution is 5.95. The van der Waals surface area contributed by atoms with Gasteiger partial charge in [0.05, 0.1) is 0 Å². The summed E-state index contributed by atoms with van der Waals surface area (Å²) in [5.41, 5.74) is 1.89. The normalized spacial score (nSPS) is 15.6. The number of hydrogen-bond acceptors (Lipinski definition) is 3. The van der Waals surface area contributed by atoms with Crippen molar-refractivity contribution in [1.82, 2.24) is 21.0 Å². The quantitative estimate of drug-likeness (QED) is 0.717. The summed E-state index contributed by atoms with van der Waals surface area (Å²) in [5, 5.41) is 5.44. The SMILES string of the molecule is Cc1[nH]nc(C(=O)NNC(=O)C2CCC2)c1C(F)(F)F. The van der Waals surface area contributed by atoms with Crippen molar-refractivity contribution in [3.05, 3.63) is 17.0 Å². The van der Waals surface area contributed by atoms with Crippen LogP contribution in [0.15, 0.2) is 0 Å². The second-order valence-electron chi connectivity index (χ2n) is 4.64. The molecule has 0 spiro atoms. The molecular weight excluding hydrogens is 277 g/mol. The maximum absolute atomic E-state index is 12.8. The molecule has 2 rings (SSSR count). The molecule has 1 aromatic rings. The van der Waals surface area contributed by atoms with Crippen LogP contribution in [0.4, 0.5) is 13.2 Å². The van der Waals surface area contributed by atoms with Gasteiger partial charge < -0.3 is 0 Å². The number of carbonyl (C=O) groups excluding carboxylic acids is 2. The highest BCUT2D eigenvalue weighted by atomic mass is 19.4. The van der Waals surface area contributed by atoms with Gasteiger partial charge in [0.1, 0.15) is 5.56 Å². The van der Waals surface area contributed by atoms with Gasteiger partial charge in [-0.15, -0.1) is 0 Å². The van der Waals surface area contributed by atoms with E-state index in [1.807, 2.05) is 5.43 Å². The van der Waals surface area contributed by atoms with Gasteiger partial charge in [-0.2, -0.15) is 18.3 Å². The zero-order chi connectivity index (χ0) is 14.9. The summed E-state index contributed by atoms with van der Waals surface area (Å²) in [6, 6.07) is 0. The fourth-order valence-corrected chi connectivity index (χ4v) is 1.89. The summed E-state index contributed by atoms with van der Waals surface area (Å²) < 4.78 is 38.3. The number of aryl methyl sites for hydroxylation is 1. The van der Waals surface area contributed by atoms with Crippen molar-refractivity contribution in [2.24, 2.45) is 5.92 Å². The van der Waals surface area contributed by atoms with E-state index >= 15 is 0 Å². The van der Waals surface area contributed by atoms with E-state index in [1.165, 1.54) is 6.92 Å². The van der Waals surface area contributed by atoms with E-state index in [-0.39, 0.29) is 11.6 Å². The van der Waals surface area contributed by atoms with E-state index in [1.54, 1.807) is 0 Å². The minimum Gasteiger partial charge on any atom is -0.281 e. The zero-order valence-electron chi connectivity index (χ0n) is 10.6. The summed E-state index contributed by atoms with van der Waals surface area (Å²) >= 11 is 0. The Morgan fingerprint density at radius 1 is 1.30 bits per heavy atom. The molecule has 6 nitrogen and oxygen atoms in total. The summed E-state index contributed by atoms with van der Waals surface area (Å²) in [6.07, 6.45) is -2.32. The van der Waals surface area contributed by atoms with Crippen LogP contribution in [0.1, 0.15) is 41.0 Å². The number of rotatable bonds is 2. The third-order valence-electron chi connectivity index (χ3n) is 3.22. The highest BCUT2D eigenvalue weighted by Gasteiger charge is 2.39. The van der Waals surface area contributed by atoms with Crippen LogP contribution >= 0.6 is 0 Å². The van der Waals surface area contributed by atoms with Crippen LogP contribution in [-0.4, -0.2) is 22.0 Å². The average molecular weight is 290 g/mol. The number of alkyl halides is 3. The molecule has 0 saturated heterocycles. The predicted octanol–water partition coefficient (Wildman–Crippen LogP) is 1.30. The molecule has 9 heteroatoms.